The summed E-state index contributed by atoms with van der Waals surface area (Å²) in [6.45, 7) is 7.07. The Labute approximate surface area is 91.3 Å². The van der Waals surface area contributed by atoms with E-state index < -0.39 is 0 Å². The van der Waals surface area contributed by atoms with Gasteiger partial charge >= 0.3 is 0 Å². The van der Waals surface area contributed by atoms with E-state index in [9.17, 15) is 0 Å². The molecule has 13 heavy (non-hydrogen) atoms. The summed E-state index contributed by atoms with van der Waals surface area (Å²) in [4.78, 5) is 4.49. The first-order valence-electron chi connectivity index (χ1n) is 4.03. The van der Waals surface area contributed by atoms with Crippen molar-refractivity contribution < 1.29 is 9.57 Å². The fourth-order valence-electron chi connectivity index (χ4n) is 0.743. The fraction of sp³-hybridized carbons (Fsp3) is 0.875. The normalized spacial score (nSPS) is 10.5. The SMILES string of the molecule is CCOC(=S)C(C)(C)CCON.Cl. The van der Waals surface area contributed by atoms with Crippen molar-refractivity contribution in [1.82, 2.24) is 0 Å². The number of halogens is 1. The molecule has 0 aromatic rings. The Hall–Kier alpha value is 0.1000. The fourth-order valence-corrected chi connectivity index (χ4v) is 0.963. The molecule has 2 N–H and O–H groups in total. The molecule has 0 fully saturated rings. The van der Waals surface area contributed by atoms with Crippen molar-refractivity contribution in [2.75, 3.05) is 13.2 Å². The van der Waals surface area contributed by atoms with Gasteiger partial charge in [0, 0.05) is 5.41 Å². The van der Waals surface area contributed by atoms with Gasteiger partial charge in [-0.05, 0) is 25.6 Å². The third kappa shape index (κ3) is 6.21. The Bertz CT molecular complexity index is 153. The summed E-state index contributed by atoms with van der Waals surface area (Å²) in [5.41, 5.74) is -0.134. The monoisotopic (exact) mass is 227 g/mol. The molecule has 0 aromatic heterocycles. The van der Waals surface area contributed by atoms with Crippen LogP contribution in [0.2, 0.25) is 0 Å². The van der Waals surface area contributed by atoms with Crippen molar-refractivity contribution in [3.05, 3.63) is 0 Å². The second-order valence-corrected chi connectivity index (χ2v) is 3.60. The van der Waals surface area contributed by atoms with Crippen LogP contribution >= 0.6 is 24.6 Å². The summed E-state index contributed by atoms with van der Waals surface area (Å²) in [6.07, 6.45) is 0.780. The van der Waals surface area contributed by atoms with Crippen molar-refractivity contribution in [2.24, 2.45) is 11.3 Å². The summed E-state index contributed by atoms with van der Waals surface area (Å²) in [5, 5.41) is 0.627. The summed E-state index contributed by atoms with van der Waals surface area (Å²) < 4.78 is 5.24. The number of hydrogen-bond donors (Lipinski definition) is 1. The largest absolute Gasteiger partial charge is 0.487 e. The molecule has 0 rings (SSSR count). The smallest absolute Gasteiger partial charge is 0.165 e. The lowest BCUT2D eigenvalue weighted by molar-refractivity contribution is 0.114. The average Bonchev–Trinajstić information content (AvgIpc) is 2.01. The molecule has 0 aliphatic heterocycles. The second-order valence-electron chi connectivity index (χ2n) is 3.23. The van der Waals surface area contributed by atoms with Gasteiger partial charge in [-0.15, -0.1) is 12.4 Å². The number of ether oxygens (including phenoxy) is 1. The van der Waals surface area contributed by atoms with Gasteiger partial charge in [0.2, 0.25) is 0 Å². The molecule has 0 aliphatic rings. The quantitative estimate of drug-likeness (QED) is 0.577. The minimum Gasteiger partial charge on any atom is -0.487 e. The lowest BCUT2D eigenvalue weighted by Gasteiger charge is -2.24. The third-order valence-electron chi connectivity index (χ3n) is 1.67. The highest BCUT2D eigenvalue weighted by molar-refractivity contribution is 7.80. The molecule has 80 valence electrons. The van der Waals surface area contributed by atoms with E-state index in [1.807, 2.05) is 20.8 Å². The molecule has 0 aliphatic carbocycles. The van der Waals surface area contributed by atoms with E-state index in [1.54, 1.807) is 0 Å². The minimum absolute atomic E-state index is 0. The topological polar surface area (TPSA) is 44.5 Å². The number of hydrogen-bond acceptors (Lipinski definition) is 4. The predicted octanol–water partition coefficient (Wildman–Crippen LogP) is 2.08. The van der Waals surface area contributed by atoms with Crippen LogP contribution in [0.25, 0.3) is 0 Å². The van der Waals surface area contributed by atoms with Crippen molar-refractivity contribution in [3.8, 4) is 0 Å². The van der Waals surface area contributed by atoms with Crippen molar-refractivity contribution in [1.29, 1.82) is 0 Å². The van der Waals surface area contributed by atoms with Gasteiger partial charge in [0.25, 0.3) is 0 Å². The summed E-state index contributed by atoms with van der Waals surface area (Å²) in [7, 11) is 0. The van der Waals surface area contributed by atoms with Crippen LogP contribution in [0, 0.1) is 5.41 Å². The summed E-state index contributed by atoms with van der Waals surface area (Å²) in [5.74, 6) is 4.93. The standard InChI is InChI=1S/C8H17NO2S.ClH/c1-4-10-7(12)8(2,3)5-6-11-9;/h4-6,9H2,1-3H3;1H. The van der Waals surface area contributed by atoms with E-state index in [4.69, 9.17) is 22.9 Å². The maximum absolute atomic E-state index is 5.24. The highest BCUT2D eigenvalue weighted by atomic mass is 35.5. The Morgan fingerprint density at radius 2 is 2.00 bits per heavy atom. The van der Waals surface area contributed by atoms with Gasteiger partial charge in [0.15, 0.2) is 5.05 Å². The first-order chi connectivity index (χ1) is 5.54. The van der Waals surface area contributed by atoms with E-state index in [2.05, 4.69) is 4.84 Å². The minimum atomic E-state index is -0.134. The van der Waals surface area contributed by atoms with E-state index in [0.717, 1.165) is 6.42 Å². The summed E-state index contributed by atoms with van der Waals surface area (Å²) in [6, 6.07) is 0. The molecule has 0 saturated carbocycles. The van der Waals surface area contributed by atoms with E-state index >= 15 is 0 Å². The van der Waals surface area contributed by atoms with Gasteiger partial charge < -0.3 is 9.57 Å². The van der Waals surface area contributed by atoms with E-state index in [1.165, 1.54) is 0 Å². The van der Waals surface area contributed by atoms with Crippen molar-refractivity contribution in [2.45, 2.75) is 27.2 Å². The van der Waals surface area contributed by atoms with Crippen LogP contribution in [0.15, 0.2) is 0 Å². The molecule has 0 unspecified atom stereocenters. The lowest BCUT2D eigenvalue weighted by atomic mass is 9.91. The highest BCUT2D eigenvalue weighted by Crippen LogP contribution is 2.23. The molecule has 0 amide bonds. The van der Waals surface area contributed by atoms with E-state index in [-0.39, 0.29) is 17.8 Å². The van der Waals surface area contributed by atoms with Gasteiger partial charge in [-0.2, -0.15) is 0 Å². The van der Waals surface area contributed by atoms with Gasteiger partial charge in [-0.3, -0.25) is 0 Å². The Kier molecular flexibility index (Phi) is 8.98. The van der Waals surface area contributed by atoms with Gasteiger partial charge in [-0.25, -0.2) is 5.90 Å². The van der Waals surface area contributed by atoms with Crippen LogP contribution in [0.1, 0.15) is 27.2 Å². The molecular weight excluding hydrogens is 210 g/mol. The Balaban J connectivity index is 0. The van der Waals surface area contributed by atoms with Crippen LogP contribution in [0.3, 0.4) is 0 Å². The zero-order valence-corrected chi connectivity index (χ0v) is 9.96. The van der Waals surface area contributed by atoms with Crippen molar-refractivity contribution >= 4 is 29.7 Å². The van der Waals surface area contributed by atoms with Crippen LogP contribution < -0.4 is 5.90 Å². The lowest BCUT2D eigenvalue weighted by Crippen LogP contribution is -2.27. The molecule has 0 saturated heterocycles. The number of thiocarbonyl (C=S) groups is 1. The molecule has 0 radical (unpaired) electrons. The van der Waals surface area contributed by atoms with Gasteiger partial charge in [-0.1, -0.05) is 13.8 Å². The third-order valence-corrected chi connectivity index (χ3v) is 2.34. The van der Waals surface area contributed by atoms with Crippen LogP contribution in [0.4, 0.5) is 0 Å². The second kappa shape index (κ2) is 7.50. The zero-order chi connectivity index (χ0) is 9.61. The Morgan fingerprint density at radius 3 is 2.38 bits per heavy atom. The number of rotatable bonds is 5. The first kappa shape index (κ1) is 15.6. The average molecular weight is 228 g/mol. The van der Waals surface area contributed by atoms with Crippen LogP contribution in [-0.4, -0.2) is 18.3 Å². The highest BCUT2D eigenvalue weighted by Gasteiger charge is 2.24. The Morgan fingerprint density at radius 1 is 1.46 bits per heavy atom. The molecule has 0 bridgehead atoms. The molecule has 0 heterocycles. The molecule has 0 atom stereocenters. The van der Waals surface area contributed by atoms with Crippen LogP contribution in [0.5, 0.6) is 0 Å². The summed E-state index contributed by atoms with van der Waals surface area (Å²) >= 11 is 5.08. The van der Waals surface area contributed by atoms with Crippen molar-refractivity contribution in [3.63, 3.8) is 0 Å². The maximum Gasteiger partial charge on any atom is 0.165 e. The molecule has 3 nitrogen and oxygen atoms in total. The molecule has 0 spiro atoms. The zero-order valence-electron chi connectivity index (χ0n) is 8.33. The molecule has 5 heteroatoms. The first-order valence-corrected chi connectivity index (χ1v) is 4.44. The maximum atomic E-state index is 5.24. The number of nitrogens with two attached hydrogens (primary N) is 1. The van der Waals surface area contributed by atoms with Gasteiger partial charge in [0.05, 0.1) is 13.2 Å². The van der Waals surface area contributed by atoms with E-state index in [0.29, 0.717) is 18.3 Å². The van der Waals surface area contributed by atoms with Gasteiger partial charge in [0.1, 0.15) is 0 Å². The van der Waals surface area contributed by atoms with Crippen LogP contribution in [-0.2, 0) is 9.57 Å². The molecule has 0 aromatic carbocycles. The predicted molar refractivity (Wildman–Crippen MR) is 60.0 cm³/mol. The molecular formula is C8H18ClNO2S.